The molecule has 0 bridgehead atoms. The first-order chi connectivity index (χ1) is 9.72. The molecule has 2 aliphatic rings. The second kappa shape index (κ2) is 7.67. The Kier molecular flexibility index (Phi) is 5.89. The minimum Gasteiger partial charge on any atom is -0.378 e. The maximum atomic E-state index is 12.4. The molecule has 1 heterocycles. The van der Waals surface area contributed by atoms with Gasteiger partial charge in [0, 0.05) is 19.1 Å². The first-order valence-electron chi connectivity index (χ1n) is 7.98. The number of rotatable bonds is 4. The van der Waals surface area contributed by atoms with Crippen molar-refractivity contribution in [3.63, 3.8) is 0 Å². The van der Waals surface area contributed by atoms with Gasteiger partial charge in [-0.05, 0) is 24.7 Å². The Bertz CT molecular complexity index is 320. The Hall–Kier alpha value is -1.03. The molecule has 0 aromatic heterocycles. The molecule has 0 radical (unpaired) electrons. The molecule has 0 aromatic rings. The zero-order valence-electron chi connectivity index (χ0n) is 12.6. The van der Waals surface area contributed by atoms with Crippen molar-refractivity contribution >= 4 is 6.03 Å². The van der Waals surface area contributed by atoms with Crippen molar-refractivity contribution in [2.75, 3.05) is 26.3 Å². The van der Waals surface area contributed by atoms with Crippen LogP contribution >= 0.6 is 0 Å². The van der Waals surface area contributed by atoms with Gasteiger partial charge in [0.25, 0.3) is 0 Å². The van der Waals surface area contributed by atoms with Gasteiger partial charge in [-0.15, -0.1) is 6.58 Å². The Morgan fingerprint density at radius 3 is 2.55 bits per heavy atom. The number of hydrogen-bond donors (Lipinski definition) is 1. The van der Waals surface area contributed by atoms with Crippen LogP contribution in [0, 0.1) is 11.8 Å². The van der Waals surface area contributed by atoms with Gasteiger partial charge in [0.1, 0.15) is 0 Å². The molecule has 1 N–H and O–H groups in total. The highest BCUT2D eigenvalue weighted by Crippen LogP contribution is 2.30. The molecule has 4 nitrogen and oxygen atoms in total. The van der Waals surface area contributed by atoms with Gasteiger partial charge in [0.15, 0.2) is 0 Å². The van der Waals surface area contributed by atoms with Crippen LogP contribution in [0.15, 0.2) is 12.7 Å². The number of ether oxygens (including phenoxy) is 1. The lowest BCUT2D eigenvalue weighted by molar-refractivity contribution is 0.0510. The molecule has 114 valence electrons. The SMILES string of the molecule is C=CC(C)C(NC(=O)N1CCOCC1)C1CCCCC1. The summed E-state index contributed by atoms with van der Waals surface area (Å²) >= 11 is 0. The summed E-state index contributed by atoms with van der Waals surface area (Å²) in [6, 6.07) is 0.292. The third-order valence-electron chi connectivity index (χ3n) is 4.68. The highest BCUT2D eigenvalue weighted by molar-refractivity contribution is 5.74. The van der Waals surface area contributed by atoms with Crippen LogP contribution in [-0.2, 0) is 4.74 Å². The molecule has 1 aliphatic carbocycles. The minimum atomic E-state index is 0.0672. The number of morpholine rings is 1. The number of amides is 2. The molecule has 0 spiro atoms. The van der Waals surface area contributed by atoms with Crippen LogP contribution in [-0.4, -0.2) is 43.3 Å². The summed E-state index contributed by atoms with van der Waals surface area (Å²) in [6.45, 7) is 8.77. The van der Waals surface area contributed by atoms with Crippen molar-refractivity contribution in [3.05, 3.63) is 12.7 Å². The topological polar surface area (TPSA) is 41.6 Å². The van der Waals surface area contributed by atoms with E-state index in [1.54, 1.807) is 0 Å². The highest BCUT2D eigenvalue weighted by atomic mass is 16.5. The van der Waals surface area contributed by atoms with Crippen molar-refractivity contribution in [1.82, 2.24) is 10.2 Å². The first-order valence-corrected chi connectivity index (χ1v) is 7.98. The van der Waals surface area contributed by atoms with Crippen LogP contribution in [0.5, 0.6) is 0 Å². The van der Waals surface area contributed by atoms with Gasteiger partial charge < -0.3 is 15.0 Å². The lowest BCUT2D eigenvalue weighted by Gasteiger charge is -2.36. The van der Waals surface area contributed by atoms with Crippen molar-refractivity contribution in [3.8, 4) is 0 Å². The molecule has 0 aromatic carbocycles. The smallest absolute Gasteiger partial charge is 0.317 e. The first kappa shape index (κ1) is 15.4. The highest BCUT2D eigenvalue weighted by Gasteiger charge is 2.29. The Morgan fingerprint density at radius 2 is 1.95 bits per heavy atom. The maximum Gasteiger partial charge on any atom is 0.317 e. The number of carbonyl (C=O) groups is 1. The van der Waals surface area contributed by atoms with Gasteiger partial charge in [-0.25, -0.2) is 4.79 Å². The van der Waals surface area contributed by atoms with E-state index in [-0.39, 0.29) is 12.1 Å². The molecule has 2 rings (SSSR count). The molecule has 4 heteroatoms. The van der Waals surface area contributed by atoms with Gasteiger partial charge >= 0.3 is 6.03 Å². The molecule has 1 saturated carbocycles. The average Bonchev–Trinajstić information content (AvgIpc) is 2.53. The summed E-state index contributed by atoms with van der Waals surface area (Å²) in [5, 5.41) is 3.27. The standard InChI is InChI=1S/C16H28N2O2/c1-3-13(2)15(14-7-5-4-6-8-14)17-16(19)18-9-11-20-12-10-18/h3,13-15H,1,4-12H2,2H3,(H,17,19). The molecule has 20 heavy (non-hydrogen) atoms. The zero-order chi connectivity index (χ0) is 14.4. The second-order valence-corrected chi connectivity index (χ2v) is 6.07. The summed E-state index contributed by atoms with van der Waals surface area (Å²) in [5.41, 5.74) is 0. The minimum absolute atomic E-state index is 0.0672. The van der Waals surface area contributed by atoms with Crippen LogP contribution in [0.25, 0.3) is 0 Å². The lowest BCUT2D eigenvalue weighted by Crippen LogP contribution is -2.52. The van der Waals surface area contributed by atoms with Crippen LogP contribution < -0.4 is 5.32 Å². The third kappa shape index (κ3) is 3.98. The van der Waals surface area contributed by atoms with Crippen molar-refractivity contribution in [1.29, 1.82) is 0 Å². The van der Waals surface area contributed by atoms with E-state index in [1.807, 2.05) is 11.0 Å². The van der Waals surface area contributed by atoms with Crippen molar-refractivity contribution in [2.24, 2.45) is 11.8 Å². The Balaban J connectivity index is 1.95. The van der Waals surface area contributed by atoms with Crippen molar-refractivity contribution < 1.29 is 9.53 Å². The van der Waals surface area contributed by atoms with E-state index in [0.29, 0.717) is 38.1 Å². The fraction of sp³-hybridized carbons (Fsp3) is 0.812. The quantitative estimate of drug-likeness (QED) is 0.805. The number of nitrogens with one attached hydrogen (secondary N) is 1. The molecular formula is C16H28N2O2. The van der Waals surface area contributed by atoms with E-state index >= 15 is 0 Å². The predicted molar refractivity (Wildman–Crippen MR) is 80.6 cm³/mol. The average molecular weight is 280 g/mol. The van der Waals surface area contributed by atoms with Gasteiger partial charge in [-0.3, -0.25) is 0 Å². The number of urea groups is 1. The Labute approximate surface area is 122 Å². The number of carbonyl (C=O) groups excluding carboxylic acids is 1. The molecule has 2 atom stereocenters. The van der Waals surface area contributed by atoms with Gasteiger partial charge in [0.05, 0.1) is 13.2 Å². The lowest BCUT2D eigenvalue weighted by atomic mass is 9.79. The van der Waals surface area contributed by atoms with Gasteiger partial charge in [-0.1, -0.05) is 32.3 Å². The normalized spacial score (nSPS) is 23.9. The summed E-state index contributed by atoms with van der Waals surface area (Å²) < 4.78 is 5.30. The number of hydrogen-bond acceptors (Lipinski definition) is 2. The van der Waals surface area contributed by atoms with Crippen molar-refractivity contribution in [2.45, 2.75) is 45.1 Å². The molecule has 2 amide bonds. The van der Waals surface area contributed by atoms with Crippen LogP contribution in [0.3, 0.4) is 0 Å². The molecule has 2 unspecified atom stereocenters. The zero-order valence-corrected chi connectivity index (χ0v) is 12.6. The van der Waals surface area contributed by atoms with Crippen LogP contribution in [0.4, 0.5) is 4.79 Å². The summed E-state index contributed by atoms with van der Waals surface area (Å²) in [6.07, 6.45) is 8.34. The second-order valence-electron chi connectivity index (χ2n) is 6.07. The summed E-state index contributed by atoms with van der Waals surface area (Å²) in [5.74, 6) is 0.921. The molecule has 1 aliphatic heterocycles. The summed E-state index contributed by atoms with van der Waals surface area (Å²) in [7, 11) is 0. The fourth-order valence-corrected chi connectivity index (χ4v) is 3.32. The van der Waals surface area contributed by atoms with E-state index in [2.05, 4.69) is 18.8 Å². The van der Waals surface area contributed by atoms with E-state index in [1.165, 1.54) is 32.1 Å². The van der Waals surface area contributed by atoms with E-state index in [9.17, 15) is 4.79 Å². The molecular weight excluding hydrogens is 252 g/mol. The largest absolute Gasteiger partial charge is 0.378 e. The fourth-order valence-electron chi connectivity index (χ4n) is 3.32. The Morgan fingerprint density at radius 1 is 1.30 bits per heavy atom. The predicted octanol–water partition coefficient (Wildman–Crippen LogP) is 2.80. The maximum absolute atomic E-state index is 12.4. The van der Waals surface area contributed by atoms with E-state index in [4.69, 9.17) is 4.74 Å². The van der Waals surface area contributed by atoms with E-state index < -0.39 is 0 Å². The van der Waals surface area contributed by atoms with E-state index in [0.717, 1.165) is 0 Å². The van der Waals surface area contributed by atoms with Crippen LogP contribution in [0.1, 0.15) is 39.0 Å². The van der Waals surface area contributed by atoms with Crippen LogP contribution in [0.2, 0.25) is 0 Å². The van der Waals surface area contributed by atoms with Gasteiger partial charge in [-0.2, -0.15) is 0 Å². The number of nitrogens with zero attached hydrogens (tertiary/aromatic N) is 1. The molecule has 1 saturated heterocycles. The van der Waals surface area contributed by atoms with Gasteiger partial charge in [0.2, 0.25) is 0 Å². The monoisotopic (exact) mass is 280 g/mol. The summed E-state index contributed by atoms with van der Waals surface area (Å²) in [4.78, 5) is 14.3. The molecule has 2 fully saturated rings. The third-order valence-corrected chi connectivity index (χ3v) is 4.68.